The SMILES string of the molecule is C/C=C(/CC)C1=C(C)CCC2(C1)OCCO2. The molecule has 0 aromatic heterocycles. The molecule has 0 bridgehead atoms. The Morgan fingerprint density at radius 1 is 1.38 bits per heavy atom. The van der Waals surface area contributed by atoms with Gasteiger partial charge in [0.25, 0.3) is 0 Å². The zero-order valence-corrected chi connectivity index (χ0v) is 10.6. The zero-order chi connectivity index (χ0) is 11.6. The molecule has 0 saturated carbocycles. The lowest BCUT2D eigenvalue weighted by Gasteiger charge is -2.34. The minimum atomic E-state index is -0.293. The maximum absolute atomic E-state index is 5.82. The highest BCUT2D eigenvalue weighted by atomic mass is 16.7. The van der Waals surface area contributed by atoms with Crippen LogP contribution in [0.15, 0.2) is 22.8 Å². The first kappa shape index (κ1) is 11.9. The number of ether oxygens (including phenoxy) is 2. The average Bonchev–Trinajstić information content (AvgIpc) is 2.74. The van der Waals surface area contributed by atoms with Gasteiger partial charge in [-0.15, -0.1) is 0 Å². The van der Waals surface area contributed by atoms with Crippen LogP contribution in [0.1, 0.15) is 46.5 Å². The lowest BCUT2D eigenvalue weighted by molar-refractivity contribution is -0.163. The Morgan fingerprint density at radius 2 is 2.06 bits per heavy atom. The van der Waals surface area contributed by atoms with E-state index in [4.69, 9.17) is 9.47 Å². The van der Waals surface area contributed by atoms with Crippen molar-refractivity contribution in [1.82, 2.24) is 0 Å². The van der Waals surface area contributed by atoms with E-state index in [1.807, 2.05) is 0 Å². The van der Waals surface area contributed by atoms with Crippen molar-refractivity contribution in [1.29, 1.82) is 0 Å². The molecule has 1 aliphatic carbocycles. The van der Waals surface area contributed by atoms with Crippen LogP contribution < -0.4 is 0 Å². The minimum Gasteiger partial charge on any atom is -0.347 e. The van der Waals surface area contributed by atoms with E-state index in [0.29, 0.717) is 0 Å². The van der Waals surface area contributed by atoms with Crippen molar-refractivity contribution in [2.24, 2.45) is 0 Å². The lowest BCUT2D eigenvalue weighted by Crippen LogP contribution is -2.33. The summed E-state index contributed by atoms with van der Waals surface area (Å²) in [6, 6.07) is 0. The van der Waals surface area contributed by atoms with Crippen molar-refractivity contribution in [2.45, 2.75) is 52.2 Å². The van der Waals surface area contributed by atoms with E-state index >= 15 is 0 Å². The molecule has 16 heavy (non-hydrogen) atoms. The molecule has 2 aliphatic rings. The van der Waals surface area contributed by atoms with Crippen LogP contribution in [0.5, 0.6) is 0 Å². The molecule has 0 radical (unpaired) electrons. The fourth-order valence-corrected chi connectivity index (χ4v) is 2.76. The van der Waals surface area contributed by atoms with E-state index in [1.54, 1.807) is 0 Å². The number of rotatable bonds is 2. The summed E-state index contributed by atoms with van der Waals surface area (Å²) < 4.78 is 11.6. The van der Waals surface area contributed by atoms with Crippen LogP contribution >= 0.6 is 0 Å². The predicted octanol–water partition coefficient (Wildman–Crippen LogP) is 3.59. The summed E-state index contributed by atoms with van der Waals surface area (Å²) in [5.41, 5.74) is 4.44. The Morgan fingerprint density at radius 3 is 2.62 bits per heavy atom. The van der Waals surface area contributed by atoms with Crippen LogP contribution in [0.4, 0.5) is 0 Å². The second-order valence-corrected chi connectivity index (χ2v) is 4.71. The summed E-state index contributed by atoms with van der Waals surface area (Å²) in [5, 5.41) is 0. The van der Waals surface area contributed by atoms with Crippen molar-refractivity contribution >= 4 is 0 Å². The van der Waals surface area contributed by atoms with Gasteiger partial charge in [-0.2, -0.15) is 0 Å². The highest BCUT2D eigenvalue weighted by Crippen LogP contribution is 2.41. The van der Waals surface area contributed by atoms with E-state index in [-0.39, 0.29) is 5.79 Å². The molecule has 1 fully saturated rings. The fourth-order valence-electron chi connectivity index (χ4n) is 2.76. The molecular weight excluding hydrogens is 200 g/mol. The Balaban J connectivity index is 2.22. The zero-order valence-electron chi connectivity index (χ0n) is 10.6. The van der Waals surface area contributed by atoms with Crippen molar-refractivity contribution < 1.29 is 9.47 Å². The Bertz CT molecular complexity index is 320. The summed E-state index contributed by atoms with van der Waals surface area (Å²) in [4.78, 5) is 0. The first-order valence-corrected chi connectivity index (χ1v) is 6.33. The van der Waals surface area contributed by atoms with E-state index < -0.39 is 0 Å². The third-order valence-electron chi connectivity index (χ3n) is 3.77. The van der Waals surface area contributed by atoms with Gasteiger partial charge in [-0.25, -0.2) is 0 Å². The van der Waals surface area contributed by atoms with Crippen LogP contribution in [0.3, 0.4) is 0 Å². The van der Waals surface area contributed by atoms with Gasteiger partial charge in [0, 0.05) is 12.8 Å². The van der Waals surface area contributed by atoms with Crippen molar-refractivity contribution in [2.75, 3.05) is 13.2 Å². The normalized spacial score (nSPS) is 25.6. The second kappa shape index (κ2) is 4.72. The van der Waals surface area contributed by atoms with E-state index in [9.17, 15) is 0 Å². The van der Waals surface area contributed by atoms with Crippen molar-refractivity contribution in [3.05, 3.63) is 22.8 Å². The van der Waals surface area contributed by atoms with E-state index in [0.717, 1.165) is 38.9 Å². The Kier molecular flexibility index (Phi) is 3.50. The highest BCUT2D eigenvalue weighted by Gasteiger charge is 2.40. The molecule has 0 atom stereocenters. The van der Waals surface area contributed by atoms with Crippen molar-refractivity contribution in [3.8, 4) is 0 Å². The Hall–Kier alpha value is -0.600. The number of hydrogen-bond acceptors (Lipinski definition) is 2. The van der Waals surface area contributed by atoms with Crippen LogP contribution in [-0.4, -0.2) is 19.0 Å². The van der Waals surface area contributed by atoms with E-state index in [1.165, 1.54) is 16.7 Å². The molecule has 0 amide bonds. The topological polar surface area (TPSA) is 18.5 Å². The highest BCUT2D eigenvalue weighted by molar-refractivity contribution is 5.37. The lowest BCUT2D eigenvalue weighted by atomic mass is 9.83. The molecule has 0 unspecified atom stereocenters. The average molecular weight is 222 g/mol. The van der Waals surface area contributed by atoms with Gasteiger partial charge >= 0.3 is 0 Å². The van der Waals surface area contributed by atoms with Crippen LogP contribution in [-0.2, 0) is 9.47 Å². The molecule has 1 aliphatic heterocycles. The monoisotopic (exact) mass is 222 g/mol. The fraction of sp³-hybridized carbons (Fsp3) is 0.714. The molecule has 0 aromatic carbocycles. The van der Waals surface area contributed by atoms with Crippen LogP contribution in [0.25, 0.3) is 0 Å². The summed E-state index contributed by atoms with van der Waals surface area (Å²) in [7, 11) is 0. The molecule has 2 rings (SSSR count). The van der Waals surface area contributed by atoms with E-state index in [2.05, 4.69) is 26.8 Å². The smallest absolute Gasteiger partial charge is 0.172 e. The van der Waals surface area contributed by atoms with Crippen molar-refractivity contribution in [3.63, 3.8) is 0 Å². The first-order chi connectivity index (χ1) is 7.71. The molecule has 0 N–H and O–H groups in total. The van der Waals surface area contributed by atoms with Crippen LogP contribution in [0, 0.1) is 0 Å². The maximum atomic E-state index is 5.82. The molecule has 2 heteroatoms. The van der Waals surface area contributed by atoms with Gasteiger partial charge in [0.2, 0.25) is 0 Å². The molecule has 1 heterocycles. The molecule has 2 nitrogen and oxygen atoms in total. The first-order valence-electron chi connectivity index (χ1n) is 6.33. The standard InChI is InChI=1S/C14H22O2/c1-4-12(5-2)13-10-14(7-6-11(13)3)15-8-9-16-14/h4H,5-10H2,1-3H3/b12-4-. The van der Waals surface area contributed by atoms with Gasteiger partial charge in [0.15, 0.2) is 5.79 Å². The summed E-state index contributed by atoms with van der Waals surface area (Å²) >= 11 is 0. The largest absolute Gasteiger partial charge is 0.347 e. The molecule has 90 valence electrons. The summed E-state index contributed by atoms with van der Waals surface area (Å²) in [5.74, 6) is -0.293. The third kappa shape index (κ3) is 2.09. The van der Waals surface area contributed by atoms with Gasteiger partial charge in [-0.05, 0) is 37.8 Å². The third-order valence-corrected chi connectivity index (χ3v) is 3.77. The predicted molar refractivity (Wildman–Crippen MR) is 65.2 cm³/mol. The molecule has 1 saturated heterocycles. The van der Waals surface area contributed by atoms with Gasteiger partial charge in [-0.3, -0.25) is 0 Å². The van der Waals surface area contributed by atoms with Gasteiger partial charge in [-0.1, -0.05) is 18.6 Å². The van der Waals surface area contributed by atoms with Gasteiger partial charge in [0.05, 0.1) is 13.2 Å². The number of hydrogen-bond donors (Lipinski definition) is 0. The molecule has 0 aromatic rings. The maximum Gasteiger partial charge on any atom is 0.172 e. The van der Waals surface area contributed by atoms with Gasteiger partial charge < -0.3 is 9.47 Å². The Labute approximate surface area is 98.3 Å². The molecular formula is C14H22O2. The summed E-state index contributed by atoms with van der Waals surface area (Å²) in [6.07, 6.45) is 6.38. The summed E-state index contributed by atoms with van der Waals surface area (Å²) in [6.45, 7) is 8.09. The number of allylic oxidation sites excluding steroid dienone is 3. The molecule has 1 spiro atoms. The minimum absolute atomic E-state index is 0.293. The second-order valence-electron chi connectivity index (χ2n) is 4.71. The quantitative estimate of drug-likeness (QED) is 0.711. The van der Waals surface area contributed by atoms with Crippen LogP contribution in [0.2, 0.25) is 0 Å². The van der Waals surface area contributed by atoms with Gasteiger partial charge in [0.1, 0.15) is 0 Å².